The van der Waals surface area contributed by atoms with Crippen LogP contribution in [0.1, 0.15) is 68.9 Å². The SMILES string of the molecule is CCC1(C(=O)C2CCCc3ccccc32)CCCC1. The first-order valence-electron chi connectivity index (χ1n) is 7.89. The lowest BCUT2D eigenvalue weighted by Crippen LogP contribution is -2.33. The molecule has 102 valence electrons. The van der Waals surface area contributed by atoms with Crippen LogP contribution < -0.4 is 0 Å². The van der Waals surface area contributed by atoms with Gasteiger partial charge in [-0.2, -0.15) is 0 Å². The van der Waals surface area contributed by atoms with Crippen LogP contribution in [0.2, 0.25) is 0 Å². The molecule has 0 radical (unpaired) electrons. The van der Waals surface area contributed by atoms with Gasteiger partial charge < -0.3 is 0 Å². The summed E-state index contributed by atoms with van der Waals surface area (Å²) in [7, 11) is 0. The van der Waals surface area contributed by atoms with E-state index in [4.69, 9.17) is 0 Å². The normalized spacial score (nSPS) is 25.0. The van der Waals surface area contributed by atoms with Crippen LogP contribution in [-0.4, -0.2) is 5.78 Å². The second-order valence-electron chi connectivity index (χ2n) is 6.35. The van der Waals surface area contributed by atoms with Crippen molar-refractivity contribution >= 4 is 5.78 Å². The third-order valence-electron chi connectivity index (χ3n) is 5.45. The molecule has 1 heteroatoms. The zero-order valence-corrected chi connectivity index (χ0v) is 12.0. The first kappa shape index (κ1) is 12.9. The summed E-state index contributed by atoms with van der Waals surface area (Å²) < 4.78 is 0. The second-order valence-corrected chi connectivity index (χ2v) is 6.35. The summed E-state index contributed by atoms with van der Waals surface area (Å²) in [6, 6.07) is 8.60. The monoisotopic (exact) mass is 256 g/mol. The van der Waals surface area contributed by atoms with E-state index >= 15 is 0 Å². The third kappa shape index (κ3) is 2.13. The number of benzene rings is 1. The highest BCUT2D eigenvalue weighted by atomic mass is 16.1. The van der Waals surface area contributed by atoms with Crippen LogP contribution in [0.3, 0.4) is 0 Å². The second kappa shape index (κ2) is 5.11. The fourth-order valence-electron chi connectivity index (χ4n) is 4.22. The van der Waals surface area contributed by atoms with Crippen molar-refractivity contribution in [3.63, 3.8) is 0 Å². The third-order valence-corrected chi connectivity index (χ3v) is 5.45. The molecule has 1 saturated carbocycles. The Morgan fingerprint density at radius 3 is 2.68 bits per heavy atom. The molecule has 2 aliphatic carbocycles. The number of aryl methyl sites for hydroxylation is 1. The van der Waals surface area contributed by atoms with Gasteiger partial charge in [0.15, 0.2) is 0 Å². The largest absolute Gasteiger partial charge is 0.298 e. The smallest absolute Gasteiger partial charge is 0.146 e. The number of Topliss-reactive ketones (excluding diaryl/α,β-unsaturated/α-hetero) is 1. The zero-order chi connectivity index (χ0) is 13.3. The summed E-state index contributed by atoms with van der Waals surface area (Å²) in [5.41, 5.74) is 2.75. The number of carbonyl (C=O) groups is 1. The molecule has 1 unspecified atom stereocenters. The van der Waals surface area contributed by atoms with Gasteiger partial charge in [-0.25, -0.2) is 0 Å². The molecule has 1 fully saturated rings. The van der Waals surface area contributed by atoms with Gasteiger partial charge in [0.2, 0.25) is 0 Å². The van der Waals surface area contributed by atoms with E-state index in [1.54, 1.807) is 0 Å². The molecule has 0 amide bonds. The van der Waals surface area contributed by atoms with Gasteiger partial charge in [-0.05, 0) is 49.7 Å². The molecule has 1 nitrogen and oxygen atoms in total. The first-order valence-corrected chi connectivity index (χ1v) is 7.89. The van der Waals surface area contributed by atoms with Gasteiger partial charge in [-0.3, -0.25) is 4.79 Å². The van der Waals surface area contributed by atoms with Gasteiger partial charge in [0.25, 0.3) is 0 Å². The number of hydrogen-bond acceptors (Lipinski definition) is 1. The van der Waals surface area contributed by atoms with E-state index in [0.29, 0.717) is 5.78 Å². The van der Waals surface area contributed by atoms with Crippen LogP contribution in [0.15, 0.2) is 24.3 Å². The molecule has 0 aliphatic heterocycles. The summed E-state index contributed by atoms with van der Waals surface area (Å²) in [5, 5.41) is 0. The van der Waals surface area contributed by atoms with E-state index in [0.717, 1.165) is 32.1 Å². The van der Waals surface area contributed by atoms with Crippen LogP contribution in [0.4, 0.5) is 0 Å². The molecule has 0 aromatic heterocycles. The maximum Gasteiger partial charge on any atom is 0.146 e. The highest BCUT2D eigenvalue weighted by Crippen LogP contribution is 2.47. The van der Waals surface area contributed by atoms with E-state index in [2.05, 4.69) is 31.2 Å². The average molecular weight is 256 g/mol. The summed E-state index contributed by atoms with van der Waals surface area (Å²) in [4.78, 5) is 13.1. The van der Waals surface area contributed by atoms with Gasteiger partial charge >= 0.3 is 0 Å². The Labute approximate surface area is 116 Å². The van der Waals surface area contributed by atoms with Gasteiger partial charge in [0, 0.05) is 11.3 Å². The van der Waals surface area contributed by atoms with E-state index in [1.807, 2.05) is 0 Å². The van der Waals surface area contributed by atoms with Crippen LogP contribution in [0, 0.1) is 5.41 Å². The molecular formula is C18H24O. The number of rotatable bonds is 3. The molecule has 0 heterocycles. The van der Waals surface area contributed by atoms with E-state index in [-0.39, 0.29) is 11.3 Å². The van der Waals surface area contributed by atoms with Crippen LogP contribution in [-0.2, 0) is 11.2 Å². The Morgan fingerprint density at radius 1 is 1.21 bits per heavy atom. The maximum absolute atomic E-state index is 13.1. The molecule has 1 atom stereocenters. The number of fused-ring (bicyclic) bond motifs is 1. The Hall–Kier alpha value is -1.11. The predicted octanol–water partition coefficient (Wildman–Crippen LogP) is 4.65. The van der Waals surface area contributed by atoms with Crippen LogP contribution in [0.25, 0.3) is 0 Å². The van der Waals surface area contributed by atoms with Gasteiger partial charge in [0.05, 0.1) is 0 Å². The number of hydrogen-bond donors (Lipinski definition) is 0. The molecule has 3 rings (SSSR count). The molecule has 0 spiro atoms. The fraction of sp³-hybridized carbons (Fsp3) is 0.611. The zero-order valence-electron chi connectivity index (χ0n) is 12.0. The van der Waals surface area contributed by atoms with Crippen molar-refractivity contribution in [3.8, 4) is 0 Å². The highest BCUT2D eigenvalue weighted by Gasteiger charge is 2.43. The van der Waals surface area contributed by atoms with Crippen molar-refractivity contribution in [1.82, 2.24) is 0 Å². The molecule has 0 saturated heterocycles. The fourth-order valence-corrected chi connectivity index (χ4v) is 4.22. The summed E-state index contributed by atoms with van der Waals surface area (Å²) in [6.45, 7) is 2.21. The van der Waals surface area contributed by atoms with E-state index in [9.17, 15) is 4.79 Å². The molecule has 1 aromatic rings. The summed E-state index contributed by atoms with van der Waals surface area (Å²) in [5.74, 6) is 0.739. The molecule has 2 aliphatic rings. The maximum atomic E-state index is 13.1. The summed E-state index contributed by atoms with van der Waals surface area (Å²) >= 11 is 0. The van der Waals surface area contributed by atoms with Gasteiger partial charge in [0.1, 0.15) is 5.78 Å². The Kier molecular flexibility index (Phi) is 3.47. The lowest BCUT2D eigenvalue weighted by Gasteiger charge is -2.33. The first-order chi connectivity index (χ1) is 9.27. The van der Waals surface area contributed by atoms with Crippen molar-refractivity contribution in [2.24, 2.45) is 5.41 Å². The molecule has 1 aromatic carbocycles. The van der Waals surface area contributed by atoms with E-state index < -0.39 is 0 Å². The van der Waals surface area contributed by atoms with Crippen molar-refractivity contribution < 1.29 is 4.79 Å². The van der Waals surface area contributed by atoms with Crippen molar-refractivity contribution in [1.29, 1.82) is 0 Å². The predicted molar refractivity (Wildman–Crippen MR) is 78.3 cm³/mol. The Morgan fingerprint density at radius 2 is 1.95 bits per heavy atom. The van der Waals surface area contributed by atoms with Gasteiger partial charge in [-0.1, -0.05) is 44.0 Å². The molecule has 0 bridgehead atoms. The summed E-state index contributed by atoms with van der Waals surface area (Å²) in [6.07, 6.45) is 9.16. The van der Waals surface area contributed by atoms with Crippen molar-refractivity contribution in [2.45, 2.75) is 64.2 Å². The number of carbonyl (C=O) groups excluding carboxylic acids is 1. The average Bonchev–Trinajstić information content (AvgIpc) is 2.96. The van der Waals surface area contributed by atoms with Crippen molar-refractivity contribution in [2.75, 3.05) is 0 Å². The topological polar surface area (TPSA) is 17.1 Å². The Balaban J connectivity index is 1.93. The minimum absolute atomic E-state index is 0.00905. The highest BCUT2D eigenvalue weighted by molar-refractivity contribution is 5.91. The minimum atomic E-state index is 0.00905. The molecule has 19 heavy (non-hydrogen) atoms. The van der Waals surface area contributed by atoms with Gasteiger partial charge in [-0.15, -0.1) is 0 Å². The minimum Gasteiger partial charge on any atom is -0.298 e. The van der Waals surface area contributed by atoms with Crippen molar-refractivity contribution in [3.05, 3.63) is 35.4 Å². The lowest BCUT2D eigenvalue weighted by atomic mass is 9.69. The Bertz CT molecular complexity index is 468. The number of ketones is 1. The van der Waals surface area contributed by atoms with Crippen LogP contribution >= 0.6 is 0 Å². The van der Waals surface area contributed by atoms with Crippen LogP contribution in [0.5, 0.6) is 0 Å². The standard InChI is InChI=1S/C18H24O/c1-2-18(12-5-6-13-18)17(19)16-11-7-9-14-8-3-4-10-15(14)16/h3-4,8,10,16H,2,5-7,9,11-13H2,1H3. The quantitative estimate of drug-likeness (QED) is 0.769. The molecule has 0 N–H and O–H groups in total. The molecular weight excluding hydrogens is 232 g/mol. The van der Waals surface area contributed by atoms with E-state index in [1.165, 1.54) is 30.4 Å². The lowest BCUT2D eigenvalue weighted by molar-refractivity contribution is -0.130.